The number of carbonyl (C=O) groups excluding carboxylic acids is 1. The zero-order valence-corrected chi connectivity index (χ0v) is 7.58. The second-order valence-corrected chi connectivity index (χ2v) is 3.03. The van der Waals surface area contributed by atoms with Gasteiger partial charge in [0.25, 0.3) is 0 Å². The number of halogens is 1. The highest BCUT2D eigenvalue weighted by atomic mass is 19.1. The van der Waals surface area contributed by atoms with Crippen molar-refractivity contribution in [3.05, 3.63) is 30.1 Å². The van der Waals surface area contributed by atoms with Gasteiger partial charge in [-0.25, -0.2) is 4.39 Å². The number of rotatable bonds is 2. The third-order valence-electron chi connectivity index (χ3n) is 1.49. The van der Waals surface area contributed by atoms with Crippen LogP contribution in [0.4, 0.5) is 4.39 Å². The lowest BCUT2D eigenvalue weighted by molar-refractivity contribution is -0.137. The van der Waals surface area contributed by atoms with E-state index in [2.05, 4.69) is 0 Å². The molecule has 2 nitrogen and oxygen atoms in total. The molecule has 0 aliphatic heterocycles. The van der Waals surface area contributed by atoms with E-state index in [0.717, 1.165) is 0 Å². The summed E-state index contributed by atoms with van der Waals surface area (Å²) in [4.78, 5) is 11.1. The predicted molar refractivity (Wildman–Crippen MR) is 46.9 cm³/mol. The van der Waals surface area contributed by atoms with Crippen LogP contribution in [0, 0.1) is 11.7 Å². The van der Waals surface area contributed by atoms with Gasteiger partial charge in [0.15, 0.2) is 0 Å². The highest BCUT2D eigenvalue weighted by molar-refractivity contribution is 5.74. The van der Waals surface area contributed by atoms with Crippen LogP contribution in [0.15, 0.2) is 24.3 Å². The Morgan fingerprint density at radius 3 is 2.69 bits per heavy atom. The minimum absolute atomic E-state index is 0.205. The number of ether oxygens (including phenoxy) is 1. The van der Waals surface area contributed by atoms with Crippen LogP contribution in [0.1, 0.15) is 13.8 Å². The standard InChI is InChI=1S/C10H11FO2/c1-7(2)10(12)13-9-5-3-4-8(11)6-9/h3-7H,1-2H3. The summed E-state index contributed by atoms with van der Waals surface area (Å²) in [6.07, 6.45) is 0. The van der Waals surface area contributed by atoms with Gasteiger partial charge >= 0.3 is 5.97 Å². The topological polar surface area (TPSA) is 26.3 Å². The Labute approximate surface area is 76.3 Å². The fourth-order valence-corrected chi connectivity index (χ4v) is 0.764. The number of hydrogen-bond donors (Lipinski definition) is 0. The Balaban J connectivity index is 2.69. The van der Waals surface area contributed by atoms with E-state index in [9.17, 15) is 9.18 Å². The van der Waals surface area contributed by atoms with Crippen LogP contribution in [0.2, 0.25) is 0 Å². The molecule has 3 heteroatoms. The lowest BCUT2D eigenvalue weighted by Crippen LogP contribution is -2.14. The van der Waals surface area contributed by atoms with Crippen LogP contribution in [-0.2, 0) is 4.79 Å². The maximum Gasteiger partial charge on any atom is 0.313 e. The molecule has 0 N–H and O–H groups in total. The lowest BCUT2D eigenvalue weighted by Gasteiger charge is -2.05. The molecular formula is C10H11FO2. The van der Waals surface area contributed by atoms with Crippen molar-refractivity contribution in [3.63, 3.8) is 0 Å². The first-order valence-electron chi connectivity index (χ1n) is 4.07. The SMILES string of the molecule is CC(C)C(=O)Oc1cccc(F)c1. The van der Waals surface area contributed by atoms with Gasteiger partial charge in [0, 0.05) is 6.07 Å². The van der Waals surface area contributed by atoms with Gasteiger partial charge in [-0.3, -0.25) is 4.79 Å². The molecule has 1 aromatic rings. The minimum Gasteiger partial charge on any atom is -0.426 e. The van der Waals surface area contributed by atoms with E-state index in [1.165, 1.54) is 18.2 Å². The molecule has 0 unspecified atom stereocenters. The quantitative estimate of drug-likeness (QED) is 0.518. The number of carbonyl (C=O) groups is 1. The van der Waals surface area contributed by atoms with Gasteiger partial charge in [0.05, 0.1) is 5.92 Å². The van der Waals surface area contributed by atoms with E-state index in [1.54, 1.807) is 19.9 Å². The number of hydrogen-bond acceptors (Lipinski definition) is 2. The lowest BCUT2D eigenvalue weighted by atomic mass is 10.2. The van der Waals surface area contributed by atoms with Crippen molar-refractivity contribution >= 4 is 5.97 Å². The van der Waals surface area contributed by atoms with Gasteiger partial charge in [-0.1, -0.05) is 19.9 Å². The number of esters is 1. The molecule has 0 atom stereocenters. The van der Waals surface area contributed by atoms with Crippen molar-refractivity contribution in [2.75, 3.05) is 0 Å². The largest absolute Gasteiger partial charge is 0.426 e. The Bertz CT molecular complexity index is 308. The van der Waals surface area contributed by atoms with Crippen molar-refractivity contribution in [2.45, 2.75) is 13.8 Å². The summed E-state index contributed by atoms with van der Waals surface area (Å²) in [5.41, 5.74) is 0. The van der Waals surface area contributed by atoms with E-state index in [1.807, 2.05) is 0 Å². The summed E-state index contributed by atoms with van der Waals surface area (Å²) in [6.45, 7) is 3.45. The molecule has 0 aliphatic rings. The van der Waals surface area contributed by atoms with Crippen molar-refractivity contribution in [1.82, 2.24) is 0 Å². The Morgan fingerprint density at radius 1 is 1.46 bits per heavy atom. The molecule has 0 amide bonds. The van der Waals surface area contributed by atoms with Gasteiger partial charge in [-0.15, -0.1) is 0 Å². The van der Waals surface area contributed by atoms with Crippen LogP contribution in [0.3, 0.4) is 0 Å². The molecule has 0 bridgehead atoms. The fourth-order valence-electron chi connectivity index (χ4n) is 0.764. The Kier molecular flexibility index (Phi) is 3.01. The Morgan fingerprint density at radius 2 is 2.15 bits per heavy atom. The Hall–Kier alpha value is -1.38. The van der Waals surface area contributed by atoms with Crippen molar-refractivity contribution in [2.24, 2.45) is 5.92 Å². The highest BCUT2D eigenvalue weighted by Gasteiger charge is 2.09. The van der Waals surface area contributed by atoms with E-state index >= 15 is 0 Å². The van der Waals surface area contributed by atoms with Gasteiger partial charge in [0.2, 0.25) is 0 Å². The van der Waals surface area contributed by atoms with E-state index in [0.29, 0.717) is 0 Å². The summed E-state index contributed by atoms with van der Waals surface area (Å²) >= 11 is 0. The van der Waals surface area contributed by atoms with Crippen LogP contribution >= 0.6 is 0 Å². The van der Waals surface area contributed by atoms with Crippen molar-refractivity contribution in [1.29, 1.82) is 0 Å². The van der Waals surface area contributed by atoms with Crippen LogP contribution in [0.5, 0.6) is 5.75 Å². The summed E-state index contributed by atoms with van der Waals surface area (Å²) in [5, 5.41) is 0. The van der Waals surface area contributed by atoms with Gasteiger partial charge < -0.3 is 4.74 Å². The van der Waals surface area contributed by atoms with E-state index in [4.69, 9.17) is 4.74 Å². The van der Waals surface area contributed by atoms with E-state index < -0.39 is 5.82 Å². The average molecular weight is 182 g/mol. The molecule has 1 aromatic carbocycles. The maximum atomic E-state index is 12.6. The predicted octanol–water partition coefficient (Wildman–Crippen LogP) is 2.39. The molecule has 0 spiro atoms. The summed E-state index contributed by atoms with van der Waals surface area (Å²) < 4.78 is 17.5. The first-order valence-corrected chi connectivity index (χ1v) is 4.07. The first kappa shape index (κ1) is 9.71. The van der Waals surface area contributed by atoms with E-state index in [-0.39, 0.29) is 17.6 Å². The molecule has 0 heterocycles. The molecule has 0 saturated carbocycles. The van der Waals surface area contributed by atoms with Crippen LogP contribution < -0.4 is 4.74 Å². The van der Waals surface area contributed by atoms with Gasteiger partial charge in [-0.2, -0.15) is 0 Å². The zero-order chi connectivity index (χ0) is 9.84. The molecule has 70 valence electrons. The smallest absolute Gasteiger partial charge is 0.313 e. The van der Waals surface area contributed by atoms with Crippen LogP contribution in [0.25, 0.3) is 0 Å². The molecule has 0 aromatic heterocycles. The third kappa shape index (κ3) is 2.86. The molecule has 1 rings (SSSR count). The van der Waals surface area contributed by atoms with Crippen molar-refractivity contribution in [3.8, 4) is 5.75 Å². The molecule has 13 heavy (non-hydrogen) atoms. The normalized spacial score (nSPS) is 10.2. The monoisotopic (exact) mass is 182 g/mol. The molecule has 0 radical (unpaired) electrons. The maximum absolute atomic E-state index is 12.6. The molecule has 0 fully saturated rings. The van der Waals surface area contributed by atoms with Crippen molar-refractivity contribution < 1.29 is 13.9 Å². The van der Waals surface area contributed by atoms with Gasteiger partial charge in [-0.05, 0) is 12.1 Å². The minimum atomic E-state index is -0.408. The highest BCUT2D eigenvalue weighted by Crippen LogP contribution is 2.13. The second kappa shape index (κ2) is 4.03. The van der Waals surface area contributed by atoms with Crippen LogP contribution in [-0.4, -0.2) is 5.97 Å². The summed E-state index contributed by atoms with van der Waals surface area (Å²) in [7, 11) is 0. The first-order chi connectivity index (χ1) is 6.09. The molecular weight excluding hydrogens is 171 g/mol. The molecule has 0 aliphatic carbocycles. The summed E-state index contributed by atoms with van der Waals surface area (Å²) in [5.74, 6) is -0.721. The summed E-state index contributed by atoms with van der Waals surface area (Å²) in [6, 6.07) is 5.52. The third-order valence-corrected chi connectivity index (χ3v) is 1.49. The average Bonchev–Trinajstić information content (AvgIpc) is 2.04. The number of benzene rings is 1. The van der Waals surface area contributed by atoms with Gasteiger partial charge in [0.1, 0.15) is 11.6 Å². The second-order valence-electron chi connectivity index (χ2n) is 3.03. The fraction of sp³-hybridized carbons (Fsp3) is 0.300. The zero-order valence-electron chi connectivity index (χ0n) is 7.58. The molecule has 0 saturated heterocycles.